The molecule has 6 N–H and O–H groups in total. The number of benzene rings is 3. The highest BCUT2D eigenvalue weighted by atomic mass is 35.5. The molecule has 0 radical (unpaired) electrons. The minimum absolute atomic E-state index is 0.0698. The van der Waals surface area contributed by atoms with E-state index in [2.05, 4.69) is 32.7 Å². The average Bonchev–Trinajstić information content (AvgIpc) is 3.82. The average molecular weight is 804 g/mol. The van der Waals surface area contributed by atoms with Crippen LogP contribution in [0.25, 0.3) is 16.5 Å². The maximum Gasteiger partial charge on any atom is 0.224 e. The van der Waals surface area contributed by atoms with E-state index in [9.17, 15) is 24.3 Å². The molecule has 2 amide bonds. The lowest BCUT2D eigenvalue weighted by Crippen LogP contribution is -2.47. The molecule has 3 atom stereocenters. The summed E-state index contributed by atoms with van der Waals surface area (Å²) in [6.45, 7) is 0.317. The van der Waals surface area contributed by atoms with Crippen molar-refractivity contribution in [2.75, 3.05) is 13.7 Å². The van der Waals surface area contributed by atoms with Gasteiger partial charge < -0.3 is 31.2 Å². The van der Waals surface area contributed by atoms with E-state index in [4.69, 9.17) is 22.1 Å². The van der Waals surface area contributed by atoms with Gasteiger partial charge in [-0.3, -0.25) is 24.2 Å². The van der Waals surface area contributed by atoms with E-state index in [1.54, 1.807) is 56.0 Å². The summed E-state index contributed by atoms with van der Waals surface area (Å²) in [4.78, 5) is 63.2. The Hall–Kier alpha value is -5.78. The first-order chi connectivity index (χ1) is 28.1. The van der Waals surface area contributed by atoms with Crippen molar-refractivity contribution >= 4 is 51.5 Å². The Labute approximate surface area is 343 Å². The van der Waals surface area contributed by atoms with Crippen molar-refractivity contribution in [2.45, 2.75) is 76.3 Å². The van der Waals surface area contributed by atoms with Crippen LogP contribution < -0.4 is 21.1 Å². The lowest BCUT2D eigenvalue weighted by molar-refractivity contribution is -0.133. The van der Waals surface area contributed by atoms with Gasteiger partial charge in [0.05, 0.1) is 19.2 Å². The van der Waals surface area contributed by atoms with Crippen molar-refractivity contribution in [3.05, 3.63) is 130 Å². The molecule has 2 aromatic heterocycles. The molecule has 0 saturated carbocycles. The summed E-state index contributed by atoms with van der Waals surface area (Å²) in [7, 11) is 1.64. The SMILES string of the molecule is COc1ccc2c(c1)C(CCCC(=O)[C@H](Cc1ccncc1)NC(=O)[C@@H](CC(=O)[C@H](Cc1c[nH]c3ccc(O)cc13)NC(=O)CCCN)Cc1ccc(Cl)cc1)=CC2. The number of nitrogens with one attached hydrogen (secondary N) is 3. The monoisotopic (exact) mass is 803 g/mol. The predicted molar refractivity (Wildman–Crippen MR) is 226 cm³/mol. The number of Topliss-reactive ketones (excluding diaryl/α,β-unsaturated/α-hetero) is 2. The number of amides is 2. The molecule has 3 aromatic carbocycles. The minimum atomic E-state index is -0.976. The molecule has 11 nitrogen and oxygen atoms in total. The van der Waals surface area contributed by atoms with E-state index in [1.807, 2.05) is 36.4 Å². The van der Waals surface area contributed by atoms with Crippen molar-refractivity contribution in [1.29, 1.82) is 0 Å². The molecule has 58 heavy (non-hydrogen) atoms. The molecule has 0 unspecified atom stereocenters. The van der Waals surface area contributed by atoms with Gasteiger partial charge in [0.1, 0.15) is 11.5 Å². The quantitative estimate of drug-likeness (QED) is 0.0550. The summed E-state index contributed by atoms with van der Waals surface area (Å²) in [5.74, 6) is -1.26. The fraction of sp³-hybridized carbons (Fsp3) is 0.326. The zero-order valence-corrected chi connectivity index (χ0v) is 33.4. The Kier molecular flexibility index (Phi) is 14.5. The van der Waals surface area contributed by atoms with Gasteiger partial charge >= 0.3 is 0 Å². The molecule has 6 rings (SSSR count). The molecular formula is C46H50ClN5O6. The second kappa shape index (κ2) is 20.1. The number of pyridine rings is 1. The molecule has 0 spiro atoms. The van der Waals surface area contributed by atoms with Gasteiger partial charge in [0.25, 0.3) is 0 Å². The maximum atomic E-state index is 14.4. The van der Waals surface area contributed by atoms with Crippen molar-refractivity contribution < 1.29 is 29.0 Å². The number of carbonyl (C=O) groups excluding carboxylic acids is 4. The summed E-state index contributed by atoms with van der Waals surface area (Å²) in [5.41, 5.74) is 12.3. The fourth-order valence-corrected chi connectivity index (χ4v) is 7.66. The highest BCUT2D eigenvalue weighted by molar-refractivity contribution is 6.30. The van der Waals surface area contributed by atoms with Crippen LogP contribution in [-0.4, -0.2) is 64.2 Å². The van der Waals surface area contributed by atoms with Crippen molar-refractivity contribution in [3.63, 3.8) is 0 Å². The van der Waals surface area contributed by atoms with Gasteiger partial charge in [-0.05, 0) is 133 Å². The van der Waals surface area contributed by atoms with Crippen LogP contribution in [-0.2, 0) is 44.9 Å². The third-order valence-electron chi connectivity index (χ3n) is 10.7. The number of ether oxygens (including phenoxy) is 1. The van der Waals surface area contributed by atoms with Gasteiger partial charge in [-0.2, -0.15) is 0 Å². The number of nitrogens with zero attached hydrogens (tertiary/aromatic N) is 1. The summed E-state index contributed by atoms with van der Waals surface area (Å²) in [5, 5.41) is 17.4. The summed E-state index contributed by atoms with van der Waals surface area (Å²) in [6.07, 6.45) is 10.6. The molecule has 0 saturated heterocycles. The first-order valence-electron chi connectivity index (χ1n) is 19.7. The molecule has 0 fully saturated rings. The minimum Gasteiger partial charge on any atom is -0.508 e. The zero-order chi connectivity index (χ0) is 41.0. The van der Waals surface area contributed by atoms with Gasteiger partial charge in [-0.1, -0.05) is 35.9 Å². The van der Waals surface area contributed by atoms with Crippen LogP contribution in [0.3, 0.4) is 0 Å². The molecule has 0 aliphatic heterocycles. The number of phenols is 1. The number of ketones is 2. The van der Waals surface area contributed by atoms with Gasteiger partial charge in [0.2, 0.25) is 11.8 Å². The number of rotatable bonds is 21. The second-order valence-corrected chi connectivity index (χ2v) is 15.3. The van der Waals surface area contributed by atoms with Crippen LogP contribution in [0.4, 0.5) is 0 Å². The number of aromatic amines is 1. The number of hydrogen-bond donors (Lipinski definition) is 5. The number of fused-ring (bicyclic) bond motifs is 2. The lowest BCUT2D eigenvalue weighted by Gasteiger charge is -2.24. The van der Waals surface area contributed by atoms with Crippen LogP contribution in [0.2, 0.25) is 5.02 Å². The largest absolute Gasteiger partial charge is 0.508 e. The first kappa shape index (κ1) is 41.8. The van der Waals surface area contributed by atoms with Gasteiger partial charge in [-0.15, -0.1) is 0 Å². The number of H-pyrrole nitrogens is 1. The Morgan fingerprint density at radius 3 is 2.40 bits per heavy atom. The van der Waals surface area contributed by atoms with Crippen LogP contribution in [0.5, 0.6) is 11.5 Å². The summed E-state index contributed by atoms with van der Waals surface area (Å²) < 4.78 is 5.44. The van der Waals surface area contributed by atoms with Crippen LogP contribution >= 0.6 is 11.6 Å². The number of phenolic OH excluding ortho intramolecular Hbond substituents is 1. The number of aromatic nitrogens is 2. The van der Waals surface area contributed by atoms with E-state index in [0.717, 1.165) is 45.3 Å². The van der Waals surface area contributed by atoms with Crippen LogP contribution in [0.15, 0.2) is 97.5 Å². The molecule has 12 heteroatoms. The Balaban J connectivity index is 1.22. The second-order valence-electron chi connectivity index (χ2n) is 14.9. The number of allylic oxidation sites excluding steroid dienone is 2. The fourth-order valence-electron chi connectivity index (χ4n) is 7.53. The zero-order valence-electron chi connectivity index (χ0n) is 32.6. The van der Waals surface area contributed by atoms with Gasteiger partial charge in [0, 0.05) is 66.1 Å². The highest BCUT2D eigenvalue weighted by Crippen LogP contribution is 2.34. The van der Waals surface area contributed by atoms with Crippen molar-refractivity contribution in [2.24, 2.45) is 11.7 Å². The topological polar surface area (TPSA) is 176 Å². The molecule has 5 aromatic rings. The first-order valence-corrected chi connectivity index (χ1v) is 20.1. The predicted octanol–water partition coefficient (Wildman–Crippen LogP) is 6.62. The van der Waals surface area contributed by atoms with Gasteiger partial charge in [0.15, 0.2) is 11.6 Å². The normalized spacial score (nSPS) is 13.6. The molecule has 1 aliphatic carbocycles. The standard InChI is InChI=1S/C46H50ClN5O6/c1-58-37-15-11-32-10-9-31(38(32)27-37)4-2-5-43(54)41(23-30-17-20-49-21-18-30)52-46(57)33(22-29-7-12-35(47)13-8-29)25-44(55)42(51-45(56)6-3-19-48)24-34-28-50-40-16-14-36(53)26-39(34)40/h7-9,11-18,20-21,26-28,33,41-42,50,53H,2-6,10,19,22-25,48H2,1H3,(H,51,56)(H,52,57)/t33-,41+,42+/m1/s1. The number of methoxy groups -OCH3 is 1. The van der Waals surface area contributed by atoms with E-state index in [-0.39, 0.29) is 61.7 Å². The highest BCUT2D eigenvalue weighted by Gasteiger charge is 2.31. The Morgan fingerprint density at radius 1 is 0.879 bits per heavy atom. The van der Waals surface area contributed by atoms with E-state index in [1.165, 1.54) is 11.1 Å². The van der Waals surface area contributed by atoms with Crippen molar-refractivity contribution in [3.8, 4) is 11.5 Å². The van der Waals surface area contributed by atoms with E-state index >= 15 is 0 Å². The van der Waals surface area contributed by atoms with Gasteiger partial charge in [-0.25, -0.2) is 0 Å². The van der Waals surface area contributed by atoms with E-state index in [0.29, 0.717) is 30.8 Å². The summed E-state index contributed by atoms with van der Waals surface area (Å²) >= 11 is 6.19. The van der Waals surface area contributed by atoms with E-state index < -0.39 is 23.9 Å². The maximum absolute atomic E-state index is 14.4. The number of aromatic hydroxyl groups is 1. The molecule has 2 heterocycles. The van der Waals surface area contributed by atoms with Crippen LogP contribution in [0.1, 0.15) is 66.3 Å². The number of hydrogen-bond acceptors (Lipinski definition) is 8. The Bertz CT molecular complexity index is 2250. The number of carbonyl (C=O) groups is 4. The summed E-state index contributed by atoms with van der Waals surface area (Å²) in [6, 6.07) is 19.8. The van der Waals surface area contributed by atoms with Crippen molar-refractivity contribution in [1.82, 2.24) is 20.6 Å². The molecule has 1 aliphatic rings. The molecule has 302 valence electrons. The Morgan fingerprint density at radius 2 is 1.64 bits per heavy atom. The van der Waals surface area contributed by atoms with Crippen LogP contribution in [0, 0.1) is 5.92 Å². The smallest absolute Gasteiger partial charge is 0.224 e. The molecule has 0 bridgehead atoms. The lowest BCUT2D eigenvalue weighted by atomic mass is 9.88. The molecular weight excluding hydrogens is 754 g/mol. The third-order valence-corrected chi connectivity index (χ3v) is 11.0. The number of halogens is 1. The third kappa shape index (κ3) is 11.2. The number of nitrogens with two attached hydrogens (primary N) is 1.